The van der Waals surface area contributed by atoms with Crippen LogP contribution in [-0.4, -0.2) is 47.9 Å². The lowest BCUT2D eigenvalue weighted by Crippen LogP contribution is -2.56. The van der Waals surface area contributed by atoms with Crippen LogP contribution in [0.5, 0.6) is 0 Å². The summed E-state index contributed by atoms with van der Waals surface area (Å²) in [6.45, 7) is 3.77. The number of nitrogens with one attached hydrogen (secondary N) is 2. The average molecular weight is 352 g/mol. The van der Waals surface area contributed by atoms with Gasteiger partial charge in [-0.05, 0) is 51.3 Å². The Hall–Kier alpha value is -1.59. The number of amides is 2. The van der Waals surface area contributed by atoms with Crippen LogP contribution in [0.2, 0.25) is 0 Å². The monoisotopic (exact) mass is 351 g/mol. The van der Waals surface area contributed by atoms with Crippen LogP contribution in [0.1, 0.15) is 43.0 Å². The van der Waals surface area contributed by atoms with E-state index in [1.807, 2.05) is 30.3 Å². The highest BCUT2D eigenvalue weighted by atomic mass is 35.5. The molecule has 0 spiro atoms. The van der Waals surface area contributed by atoms with Crippen molar-refractivity contribution >= 4 is 24.2 Å². The van der Waals surface area contributed by atoms with Crippen LogP contribution in [0.3, 0.4) is 0 Å². The van der Waals surface area contributed by atoms with Crippen LogP contribution in [0, 0.1) is 0 Å². The van der Waals surface area contributed by atoms with E-state index in [-0.39, 0.29) is 42.3 Å². The van der Waals surface area contributed by atoms with Crippen molar-refractivity contribution in [3.05, 3.63) is 35.9 Å². The van der Waals surface area contributed by atoms with E-state index in [1.165, 1.54) is 0 Å². The Morgan fingerprint density at radius 2 is 1.92 bits per heavy atom. The first kappa shape index (κ1) is 18.7. The fourth-order valence-electron chi connectivity index (χ4n) is 3.55. The molecular weight excluding hydrogens is 326 g/mol. The molecule has 2 saturated heterocycles. The summed E-state index contributed by atoms with van der Waals surface area (Å²) in [6, 6.07) is 9.32. The molecule has 24 heavy (non-hydrogen) atoms. The highest BCUT2D eigenvalue weighted by Crippen LogP contribution is 2.21. The lowest BCUT2D eigenvalue weighted by atomic mass is 9.99. The minimum atomic E-state index is -0.336. The number of carbonyl (C=O) groups is 2. The van der Waals surface area contributed by atoms with Crippen molar-refractivity contribution in [1.82, 2.24) is 15.5 Å². The van der Waals surface area contributed by atoms with Crippen molar-refractivity contribution in [3.63, 3.8) is 0 Å². The van der Waals surface area contributed by atoms with Gasteiger partial charge in [-0.1, -0.05) is 18.2 Å². The van der Waals surface area contributed by atoms with Gasteiger partial charge in [0, 0.05) is 24.2 Å². The average Bonchev–Trinajstić information content (AvgIpc) is 3.07. The number of carbonyl (C=O) groups excluding carboxylic acids is 2. The van der Waals surface area contributed by atoms with Gasteiger partial charge in [0.25, 0.3) is 5.91 Å². The normalized spacial score (nSPS) is 26.5. The molecule has 3 unspecified atom stereocenters. The predicted molar refractivity (Wildman–Crippen MR) is 96.4 cm³/mol. The third-order valence-corrected chi connectivity index (χ3v) is 4.93. The second kappa shape index (κ2) is 8.49. The number of hydrogen-bond acceptors (Lipinski definition) is 3. The molecule has 2 fully saturated rings. The van der Waals surface area contributed by atoms with Crippen molar-refractivity contribution < 1.29 is 9.59 Å². The highest BCUT2D eigenvalue weighted by Gasteiger charge is 2.36. The van der Waals surface area contributed by atoms with Crippen LogP contribution in [-0.2, 0) is 4.79 Å². The molecule has 2 N–H and O–H groups in total. The fourth-order valence-corrected chi connectivity index (χ4v) is 3.55. The molecule has 1 aromatic rings. The first-order chi connectivity index (χ1) is 11.2. The predicted octanol–water partition coefficient (Wildman–Crippen LogP) is 1.97. The number of likely N-dealkylation sites (tertiary alicyclic amines) is 1. The number of benzene rings is 1. The van der Waals surface area contributed by atoms with Crippen molar-refractivity contribution in [3.8, 4) is 0 Å². The SMILES string of the molecule is CC1NCCCC1NC(=O)C1CCCN1C(=O)c1ccccc1.Cl. The summed E-state index contributed by atoms with van der Waals surface area (Å²) in [5.74, 6) is -0.0506. The maximum absolute atomic E-state index is 12.7. The van der Waals surface area contributed by atoms with Gasteiger partial charge in [-0.3, -0.25) is 9.59 Å². The second-order valence-corrected chi connectivity index (χ2v) is 6.52. The Balaban J connectivity index is 0.00000208. The Kier molecular flexibility index (Phi) is 6.63. The molecule has 3 rings (SSSR count). The molecule has 0 aliphatic carbocycles. The zero-order valence-electron chi connectivity index (χ0n) is 14.0. The molecule has 2 heterocycles. The van der Waals surface area contributed by atoms with Crippen LogP contribution in [0.4, 0.5) is 0 Å². The molecule has 0 saturated carbocycles. The smallest absolute Gasteiger partial charge is 0.254 e. The third kappa shape index (κ3) is 4.08. The summed E-state index contributed by atoms with van der Waals surface area (Å²) < 4.78 is 0. The Morgan fingerprint density at radius 3 is 2.62 bits per heavy atom. The number of piperidine rings is 1. The summed E-state index contributed by atoms with van der Waals surface area (Å²) in [5.41, 5.74) is 0.653. The number of nitrogens with zero attached hydrogens (tertiary/aromatic N) is 1. The molecule has 3 atom stereocenters. The maximum atomic E-state index is 12.7. The molecule has 132 valence electrons. The van der Waals surface area contributed by atoms with Gasteiger partial charge in [0.15, 0.2) is 0 Å². The summed E-state index contributed by atoms with van der Waals surface area (Å²) >= 11 is 0. The van der Waals surface area contributed by atoms with Gasteiger partial charge in [-0.2, -0.15) is 0 Å². The lowest BCUT2D eigenvalue weighted by molar-refractivity contribution is -0.125. The van der Waals surface area contributed by atoms with Crippen molar-refractivity contribution in [2.75, 3.05) is 13.1 Å². The summed E-state index contributed by atoms with van der Waals surface area (Å²) in [7, 11) is 0. The number of hydrogen-bond donors (Lipinski definition) is 2. The third-order valence-electron chi connectivity index (χ3n) is 4.93. The minimum absolute atomic E-state index is 0. The van der Waals surface area contributed by atoms with Gasteiger partial charge in [0.2, 0.25) is 5.91 Å². The quantitative estimate of drug-likeness (QED) is 0.875. The molecule has 1 aromatic carbocycles. The molecule has 0 radical (unpaired) electrons. The number of halogens is 1. The maximum Gasteiger partial charge on any atom is 0.254 e. The van der Waals surface area contributed by atoms with E-state index >= 15 is 0 Å². The molecule has 6 heteroatoms. The van der Waals surface area contributed by atoms with Crippen LogP contribution < -0.4 is 10.6 Å². The van der Waals surface area contributed by atoms with E-state index in [4.69, 9.17) is 0 Å². The van der Waals surface area contributed by atoms with Crippen molar-refractivity contribution in [2.24, 2.45) is 0 Å². The molecule has 0 aromatic heterocycles. The first-order valence-corrected chi connectivity index (χ1v) is 8.56. The molecule has 2 aliphatic rings. The highest BCUT2D eigenvalue weighted by molar-refractivity contribution is 5.98. The molecule has 2 aliphatic heterocycles. The largest absolute Gasteiger partial charge is 0.350 e. The van der Waals surface area contributed by atoms with Crippen molar-refractivity contribution in [1.29, 1.82) is 0 Å². The second-order valence-electron chi connectivity index (χ2n) is 6.52. The number of rotatable bonds is 3. The van der Waals surface area contributed by atoms with Gasteiger partial charge in [-0.25, -0.2) is 0 Å². The Bertz CT molecular complexity index is 567. The summed E-state index contributed by atoms with van der Waals surface area (Å²) in [5, 5.41) is 6.54. The zero-order valence-corrected chi connectivity index (χ0v) is 14.8. The molecule has 0 bridgehead atoms. The fraction of sp³-hybridized carbons (Fsp3) is 0.556. The molecule has 5 nitrogen and oxygen atoms in total. The Labute approximate surface area is 149 Å². The van der Waals surface area contributed by atoms with E-state index < -0.39 is 0 Å². The summed E-state index contributed by atoms with van der Waals surface area (Å²) in [4.78, 5) is 27.1. The van der Waals surface area contributed by atoms with E-state index in [2.05, 4.69) is 17.6 Å². The van der Waals surface area contributed by atoms with E-state index in [0.717, 1.165) is 32.2 Å². The summed E-state index contributed by atoms with van der Waals surface area (Å²) in [6.07, 6.45) is 3.71. The van der Waals surface area contributed by atoms with Gasteiger partial charge in [0.05, 0.1) is 0 Å². The first-order valence-electron chi connectivity index (χ1n) is 8.56. The van der Waals surface area contributed by atoms with Crippen molar-refractivity contribution in [2.45, 2.75) is 50.7 Å². The molecule has 2 amide bonds. The van der Waals surface area contributed by atoms with Gasteiger partial charge in [-0.15, -0.1) is 12.4 Å². The van der Waals surface area contributed by atoms with E-state index in [9.17, 15) is 9.59 Å². The Morgan fingerprint density at radius 1 is 1.17 bits per heavy atom. The van der Waals surface area contributed by atoms with Gasteiger partial charge < -0.3 is 15.5 Å². The van der Waals surface area contributed by atoms with Gasteiger partial charge >= 0.3 is 0 Å². The molecular formula is C18H26ClN3O2. The van der Waals surface area contributed by atoms with Crippen LogP contribution >= 0.6 is 12.4 Å². The van der Waals surface area contributed by atoms with E-state index in [0.29, 0.717) is 12.1 Å². The topological polar surface area (TPSA) is 61.4 Å². The van der Waals surface area contributed by atoms with Crippen LogP contribution in [0.25, 0.3) is 0 Å². The van der Waals surface area contributed by atoms with Crippen LogP contribution in [0.15, 0.2) is 30.3 Å². The lowest BCUT2D eigenvalue weighted by Gasteiger charge is -2.33. The zero-order chi connectivity index (χ0) is 16.2. The standard InChI is InChI=1S/C18H25N3O2.ClH/c1-13-15(9-5-11-19-13)20-17(22)16-10-6-12-21(16)18(23)14-7-3-2-4-8-14;/h2-4,7-8,13,15-16,19H,5-6,9-12H2,1H3,(H,20,22);1H. The van der Waals surface area contributed by atoms with E-state index in [1.54, 1.807) is 4.90 Å². The minimum Gasteiger partial charge on any atom is -0.350 e. The van der Waals surface area contributed by atoms with Gasteiger partial charge in [0.1, 0.15) is 6.04 Å².